The maximum absolute atomic E-state index is 13.6. The van der Waals surface area contributed by atoms with Gasteiger partial charge in [0.25, 0.3) is 5.91 Å². The molecule has 0 bridgehead atoms. The first-order chi connectivity index (χ1) is 16.7. The first-order valence-corrected chi connectivity index (χ1v) is 12.1. The zero-order chi connectivity index (χ0) is 25.2. The van der Waals surface area contributed by atoms with Crippen LogP contribution in [0.1, 0.15) is 43.5 Å². The molecule has 182 valence electrons. The second kappa shape index (κ2) is 10.1. The zero-order valence-electron chi connectivity index (χ0n) is 19.2. The van der Waals surface area contributed by atoms with E-state index in [9.17, 15) is 22.8 Å². The number of thiophene rings is 1. The summed E-state index contributed by atoms with van der Waals surface area (Å²) in [6.07, 6.45) is -2.26. The quantitative estimate of drug-likeness (QED) is 0.399. The monoisotopic (exact) mass is 498 g/mol. The standard InChI is InChI=1S/C27H25F3N2O2S/c1-3-14-31(26(34)19-8-10-20(11-9-19)27(28,29)30)17-24(33)32-15-12-23-22(13-16-35-23)25(32)21-7-5-4-6-18(21)2/h3-11,13,16,25H,1,12,14-15,17H2,2H3/t25-/m0/s1. The lowest BCUT2D eigenvalue weighted by atomic mass is 9.90. The highest BCUT2D eigenvalue weighted by atomic mass is 32.1. The molecule has 35 heavy (non-hydrogen) atoms. The van der Waals surface area contributed by atoms with Gasteiger partial charge in [0.15, 0.2) is 0 Å². The van der Waals surface area contributed by atoms with Crippen LogP contribution in [0.3, 0.4) is 0 Å². The zero-order valence-corrected chi connectivity index (χ0v) is 20.0. The molecule has 1 atom stereocenters. The van der Waals surface area contributed by atoms with E-state index in [0.29, 0.717) is 6.54 Å². The fourth-order valence-corrected chi connectivity index (χ4v) is 5.33. The summed E-state index contributed by atoms with van der Waals surface area (Å²) in [5.41, 5.74) is 2.44. The van der Waals surface area contributed by atoms with Crippen molar-refractivity contribution in [1.29, 1.82) is 0 Å². The molecule has 2 amide bonds. The topological polar surface area (TPSA) is 40.6 Å². The highest BCUT2D eigenvalue weighted by Crippen LogP contribution is 2.39. The van der Waals surface area contributed by atoms with E-state index in [1.807, 2.05) is 42.6 Å². The fourth-order valence-electron chi connectivity index (χ4n) is 4.43. The lowest BCUT2D eigenvalue weighted by Crippen LogP contribution is -2.47. The van der Waals surface area contributed by atoms with E-state index in [1.165, 1.54) is 15.9 Å². The van der Waals surface area contributed by atoms with Crippen LogP contribution in [0.25, 0.3) is 0 Å². The number of fused-ring (bicyclic) bond motifs is 1. The van der Waals surface area contributed by atoms with Gasteiger partial charge in [-0.15, -0.1) is 17.9 Å². The van der Waals surface area contributed by atoms with Crippen molar-refractivity contribution in [2.45, 2.75) is 25.6 Å². The number of alkyl halides is 3. The summed E-state index contributed by atoms with van der Waals surface area (Å²) in [5, 5.41) is 2.03. The van der Waals surface area contributed by atoms with Gasteiger partial charge in [0, 0.05) is 23.5 Å². The van der Waals surface area contributed by atoms with Gasteiger partial charge in [-0.3, -0.25) is 9.59 Å². The Hall–Kier alpha value is -3.39. The van der Waals surface area contributed by atoms with Crippen LogP contribution in [-0.4, -0.2) is 41.2 Å². The molecule has 0 saturated heterocycles. The third-order valence-electron chi connectivity index (χ3n) is 6.19. The van der Waals surface area contributed by atoms with Crippen molar-refractivity contribution < 1.29 is 22.8 Å². The van der Waals surface area contributed by atoms with E-state index in [-0.39, 0.29) is 30.6 Å². The number of carbonyl (C=O) groups excluding carboxylic acids is 2. The maximum Gasteiger partial charge on any atom is 0.416 e. The predicted octanol–water partition coefficient (Wildman–Crippen LogP) is 5.88. The number of rotatable bonds is 6. The van der Waals surface area contributed by atoms with Gasteiger partial charge < -0.3 is 9.80 Å². The van der Waals surface area contributed by atoms with Crippen molar-refractivity contribution in [2.75, 3.05) is 19.6 Å². The van der Waals surface area contributed by atoms with Gasteiger partial charge in [-0.05, 0) is 65.7 Å². The van der Waals surface area contributed by atoms with Crippen molar-refractivity contribution in [3.05, 3.63) is 105 Å². The molecule has 1 aromatic heterocycles. The first kappa shape index (κ1) is 24.7. The van der Waals surface area contributed by atoms with Crippen molar-refractivity contribution in [1.82, 2.24) is 9.80 Å². The van der Waals surface area contributed by atoms with Crippen molar-refractivity contribution >= 4 is 23.2 Å². The molecule has 2 aromatic carbocycles. The van der Waals surface area contributed by atoms with Crippen molar-refractivity contribution in [2.24, 2.45) is 0 Å². The Labute approximate surface area is 206 Å². The summed E-state index contributed by atoms with van der Waals surface area (Å²) in [6, 6.07) is 13.7. The summed E-state index contributed by atoms with van der Waals surface area (Å²) in [5.74, 6) is -0.745. The van der Waals surface area contributed by atoms with E-state index >= 15 is 0 Å². The van der Waals surface area contributed by atoms with Crippen LogP contribution in [0, 0.1) is 6.92 Å². The van der Waals surface area contributed by atoms with Crippen molar-refractivity contribution in [3.8, 4) is 0 Å². The maximum atomic E-state index is 13.6. The third-order valence-corrected chi connectivity index (χ3v) is 7.19. The average Bonchev–Trinajstić information content (AvgIpc) is 3.32. The summed E-state index contributed by atoms with van der Waals surface area (Å²) in [7, 11) is 0. The average molecular weight is 499 g/mol. The number of nitrogens with zero attached hydrogens (tertiary/aromatic N) is 2. The van der Waals surface area contributed by atoms with Crippen LogP contribution in [0.15, 0.2) is 72.6 Å². The van der Waals surface area contributed by atoms with Gasteiger partial charge in [0.1, 0.15) is 6.54 Å². The molecule has 4 nitrogen and oxygen atoms in total. The Morgan fingerprint density at radius 3 is 2.49 bits per heavy atom. The summed E-state index contributed by atoms with van der Waals surface area (Å²) < 4.78 is 38.7. The summed E-state index contributed by atoms with van der Waals surface area (Å²) >= 11 is 1.67. The highest BCUT2D eigenvalue weighted by molar-refractivity contribution is 7.10. The number of aryl methyl sites for hydroxylation is 1. The van der Waals surface area contributed by atoms with Gasteiger partial charge in [-0.25, -0.2) is 0 Å². The Morgan fingerprint density at radius 1 is 1.11 bits per heavy atom. The van der Waals surface area contributed by atoms with Gasteiger partial charge >= 0.3 is 6.18 Å². The van der Waals surface area contributed by atoms with Gasteiger partial charge in [0.05, 0.1) is 11.6 Å². The van der Waals surface area contributed by atoms with Gasteiger partial charge in [-0.1, -0.05) is 30.3 Å². The molecule has 0 saturated carbocycles. The molecule has 0 unspecified atom stereocenters. The number of carbonyl (C=O) groups is 2. The number of amides is 2. The molecule has 1 aliphatic rings. The molecule has 0 aliphatic carbocycles. The van der Waals surface area contributed by atoms with Gasteiger partial charge in [-0.2, -0.15) is 13.2 Å². The minimum atomic E-state index is -4.49. The molecule has 4 rings (SSSR count). The number of halogens is 3. The van der Waals surface area contributed by atoms with E-state index in [2.05, 4.69) is 6.58 Å². The van der Waals surface area contributed by atoms with Crippen LogP contribution < -0.4 is 0 Å². The third kappa shape index (κ3) is 5.17. The minimum absolute atomic E-state index is 0.0851. The molecular weight excluding hydrogens is 473 g/mol. The van der Waals surface area contributed by atoms with Crippen LogP contribution >= 0.6 is 11.3 Å². The van der Waals surface area contributed by atoms with E-state index in [4.69, 9.17) is 0 Å². The van der Waals surface area contributed by atoms with Gasteiger partial charge in [0.2, 0.25) is 5.91 Å². The first-order valence-electron chi connectivity index (χ1n) is 11.2. The Kier molecular flexibility index (Phi) is 7.12. The Morgan fingerprint density at radius 2 is 1.83 bits per heavy atom. The fraction of sp³-hybridized carbons (Fsp3) is 0.259. The van der Waals surface area contributed by atoms with E-state index in [0.717, 1.165) is 47.4 Å². The Balaban J connectivity index is 1.60. The molecule has 8 heteroatoms. The van der Waals surface area contributed by atoms with Crippen LogP contribution in [-0.2, 0) is 17.4 Å². The van der Waals surface area contributed by atoms with E-state index < -0.39 is 17.6 Å². The lowest BCUT2D eigenvalue weighted by molar-refractivity contribution is -0.137. The second-order valence-electron chi connectivity index (χ2n) is 8.44. The molecule has 2 heterocycles. The molecule has 0 spiro atoms. The van der Waals surface area contributed by atoms with Crippen LogP contribution in [0.5, 0.6) is 0 Å². The molecule has 0 fully saturated rings. The molecule has 0 radical (unpaired) electrons. The normalized spacial score (nSPS) is 15.4. The summed E-state index contributed by atoms with van der Waals surface area (Å²) in [6.45, 7) is 6.09. The predicted molar refractivity (Wildman–Crippen MR) is 130 cm³/mol. The number of hydrogen-bond acceptors (Lipinski definition) is 3. The molecule has 3 aromatic rings. The Bertz CT molecular complexity index is 1230. The smallest absolute Gasteiger partial charge is 0.330 e. The molecular formula is C27H25F3N2O2S. The van der Waals surface area contributed by atoms with Crippen LogP contribution in [0.2, 0.25) is 0 Å². The minimum Gasteiger partial charge on any atom is -0.330 e. The second-order valence-corrected chi connectivity index (χ2v) is 9.45. The van der Waals surface area contributed by atoms with Crippen molar-refractivity contribution in [3.63, 3.8) is 0 Å². The molecule has 1 aliphatic heterocycles. The number of hydrogen-bond donors (Lipinski definition) is 0. The van der Waals surface area contributed by atoms with Crippen LogP contribution in [0.4, 0.5) is 13.2 Å². The highest BCUT2D eigenvalue weighted by Gasteiger charge is 2.35. The van der Waals surface area contributed by atoms with E-state index in [1.54, 1.807) is 16.2 Å². The SMILES string of the molecule is C=CCN(CC(=O)N1CCc2sccc2[C@@H]1c1ccccc1C)C(=O)c1ccc(C(F)(F)F)cc1. The lowest BCUT2D eigenvalue weighted by Gasteiger charge is -2.38. The largest absolute Gasteiger partial charge is 0.416 e. The molecule has 0 N–H and O–H groups in total. The summed E-state index contributed by atoms with van der Waals surface area (Å²) in [4.78, 5) is 31.0. The number of benzene rings is 2.